The molecule has 2 aliphatic rings. The third kappa shape index (κ3) is 2.26. The summed E-state index contributed by atoms with van der Waals surface area (Å²) in [6.07, 6.45) is 12.3. The van der Waals surface area contributed by atoms with Crippen LogP contribution < -0.4 is 0 Å². The van der Waals surface area contributed by atoms with Crippen LogP contribution in [-0.4, -0.2) is 10.7 Å². The first-order valence-electron chi connectivity index (χ1n) is 6.01. The molecule has 1 spiro atoms. The Morgan fingerprint density at radius 1 is 1.13 bits per heavy atom. The van der Waals surface area contributed by atoms with Gasteiger partial charge in [-0.2, -0.15) is 0 Å². The topological polar surface area (TPSA) is 20.2 Å². The highest BCUT2D eigenvalue weighted by Gasteiger charge is 2.38. The molecule has 1 N–H and O–H groups in total. The molecule has 1 atom stereocenters. The van der Waals surface area contributed by atoms with Gasteiger partial charge in [0.25, 0.3) is 0 Å². The maximum absolute atomic E-state index is 10.3. The average molecular weight is 204 g/mol. The minimum absolute atomic E-state index is 0.436. The zero-order valence-electron chi connectivity index (χ0n) is 9.55. The molecule has 1 heteroatoms. The molecule has 82 valence electrons. The first kappa shape index (κ1) is 10.8. The van der Waals surface area contributed by atoms with Gasteiger partial charge in [-0.15, -0.1) is 11.8 Å². The average Bonchev–Trinajstić information content (AvgIpc) is 2.70. The van der Waals surface area contributed by atoms with Crippen molar-refractivity contribution in [2.45, 2.75) is 57.5 Å². The SMILES string of the molecule is CC#CCC1(O)C=CC2(CCCC2)CC1. The Labute approximate surface area is 92.6 Å². The number of rotatable bonds is 1. The van der Waals surface area contributed by atoms with Gasteiger partial charge >= 0.3 is 0 Å². The highest BCUT2D eigenvalue weighted by atomic mass is 16.3. The van der Waals surface area contributed by atoms with Crippen LogP contribution in [0.25, 0.3) is 0 Å². The van der Waals surface area contributed by atoms with E-state index in [1.165, 1.54) is 25.7 Å². The second-order valence-electron chi connectivity index (χ2n) is 5.11. The second kappa shape index (κ2) is 4.02. The summed E-state index contributed by atoms with van der Waals surface area (Å²) in [6, 6.07) is 0. The summed E-state index contributed by atoms with van der Waals surface area (Å²) < 4.78 is 0. The minimum atomic E-state index is -0.642. The van der Waals surface area contributed by atoms with Crippen molar-refractivity contribution < 1.29 is 5.11 Å². The predicted molar refractivity (Wildman–Crippen MR) is 62.3 cm³/mol. The molecule has 1 nitrogen and oxygen atoms in total. The van der Waals surface area contributed by atoms with Gasteiger partial charge in [0.15, 0.2) is 0 Å². The zero-order chi connectivity index (χ0) is 10.8. The van der Waals surface area contributed by atoms with E-state index in [2.05, 4.69) is 17.9 Å². The molecule has 1 unspecified atom stereocenters. The minimum Gasteiger partial charge on any atom is -0.385 e. The van der Waals surface area contributed by atoms with Crippen molar-refractivity contribution in [2.75, 3.05) is 0 Å². The maximum atomic E-state index is 10.3. The Morgan fingerprint density at radius 3 is 2.40 bits per heavy atom. The predicted octanol–water partition coefficient (Wildman–Crippen LogP) is 3.04. The fourth-order valence-corrected chi connectivity index (χ4v) is 2.85. The molecule has 0 amide bonds. The third-order valence-corrected chi connectivity index (χ3v) is 3.97. The van der Waals surface area contributed by atoms with Crippen LogP contribution in [-0.2, 0) is 0 Å². The Bertz CT molecular complexity index is 312. The van der Waals surface area contributed by atoms with Gasteiger partial charge in [-0.1, -0.05) is 25.0 Å². The molecule has 15 heavy (non-hydrogen) atoms. The van der Waals surface area contributed by atoms with Gasteiger partial charge in [0.05, 0.1) is 5.60 Å². The van der Waals surface area contributed by atoms with Gasteiger partial charge in [0, 0.05) is 6.42 Å². The Hall–Kier alpha value is -0.740. The smallest absolute Gasteiger partial charge is 0.0936 e. The van der Waals surface area contributed by atoms with Crippen LogP contribution in [0.5, 0.6) is 0 Å². The van der Waals surface area contributed by atoms with Crippen LogP contribution >= 0.6 is 0 Å². The fraction of sp³-hybridized carbons (Fsp3) is 0.714. The third-order valence-electron chi connectivity index (χ3n) is 3.97. The van der Waals surface area contributed by atoms with Crippen LogP contribution in [0.4, 0.5) is 0 Å². The molecule has 2 rings (SSSR count). The first-order chi connectivity index (χ1) is 7.18. The quantitative estimate of drug-likeness (QED) is 0.514. The molecule has 1 saturated carbocycles. The largest absolute Gasteiger partial charge is 0.385 e. The summed E-state index contributed by atoms with van der Waals surface area (Å²) in [6.45, 7) is 1.83. The lowest BCUT2D eigenvalue weighted by Crippen LogP contribution is -2.33. The maximum Gasteiger partial charge on any atom is 0.0936 e. The molecule has 0 aromatic carbocycles. The lowest BCUT2D eigenvalue weighted by molar-refractivity contribution is 0.0615. The molecule has 2 aliphatic carbocycles. The van der Waals surface area contributed by atoms with E-state index in [1.54, 1.807) is 0 Å². The molecular formula is C14H20O. The molecular weight excluding hydrogens is 184 g/mol. The van der Waals surface area contributed by atoms with Gasteiger partial charge in [0.1, 0.15) is 0 Å². The van der Waals surface area contributed by atoms with Gasteiger partial charge in [-0.05, 0) is 38.0 Å². The van der Waals surface area contributed by atoms with E-state index in [0.29, 0.717) is 11.8 Å². The van der Waals surface area contributed by atoms with Crippen molar-refractivity contribution in [1.29, 1.82) is 0 Å². The molecule has 0 saturated heterocycles. The standard InChI is InChI=1S/C14H20O/c1-2-3-8-14(15)11-9-13(10-12-14)6-4-5-7-13/h9,11,15H,4-8,10,12H2,1H3. The second-order valence-corrected chi connectivity index (χ2v) is 5.11. The van der Waals surface area contributed by atoms with Crippen molar-refractivity contribution in [3.63, 3.8) is 0 Å². The van der Waals surface area contributed by atoms with Crippen molar-refractivity contribution in [3.8, 4) is 11.8 Å². The lowest BCUT2D eigenvalue weighted by atomic mass is 9.72. The summed E-state index contributed by atoms with van der Waals surface area (Å²) in [5.41, 5.74) is -0.206. The normalized spacial score (nSPS) is 32.7. The summed E-state index contributed by atoms with van der Waals surface area (Å²) >= 11 is 0. The van der Waals surface area contributed by atoms with E-state index in [9.17, 15) is 5.11 Å². The zero-order valence-corrected chi connectivity index (χ0v) is 9.55. The molecule has 0 aromatic heterocycles. The van der Waals surface area contributed by atoms with Gasteiger partial charge in [0.2, 0.25) is 0 Å². The molecule has 0 bridgehead atoms. The highest BCUT2D eigenvalue weighted by molar-refractivity contribution is 5.18. The summed E-state index contributed by atoms with van der Waals surface area (Å²) in [5, 5.41) is 10.3. The van der Waals surface area contributed by atoms with Crippen LogP contribution in [0, 0.1) is 17.3 Å². The van der Waals surface area contributed by atoms with E-state index in [1.807, 2.05) is 13.0 Å². The van der Waals surface area contributed by atoms with E-state index in [-0.39, 0.29) is 0 Å². The molecule has 1 fully saturated rings. The molecule has 0 aromatic rings. The fourth-order valence-electron chi connectivity index (χ4n) is 2.85. The number of allylic oxidation sites excluding steroid dienone is 1. The van der Waals surface area contributed by atoms with Crippen molar-refractivity contribution in [3.05, 3.63) is 12.2 Å². The van der Waals surface area contributed by atoms with Gasteiger partial charge in [-0.3, -0.25) is 0 Å². The summed E-state index contributed by atoms with van der Waals surface area (Å²) in [5.74, 6) is 5.84. The Balaban J connectivity index is 2.05. The van der Waals surface area contributed by atoms with Crippen LogP contribution in [0.2, 0.25) is 0 Å². The van der Waals surface area contributed by atoms with Gasteiger partial charge < -0.3 is 5.11 Å². The monoisotopic (exact) mass is 204 g/mol. The van der Waals surface area contributed by atoms with E-state index in [4.69, 9.17) is 0 Å². The van der Waals surface area contributed by atoms with Crippen molar-refractivity contribution in [1.82, 2.24) is 0 Å². The van der Waals surface area contributed by atoms with Gasteiger partial charge in [-0.25, -0.2) is 0 Å². The summed E-state index contributed by atoms with van der Waals surface area (Å²) in [4.78, 5) is 0. The number of hydrogen-bond donors (Lipinski definition) is 1. The molecule has 0 aliphatic heterocycles. The number of aliphatic hydroxyl groups is 1. The van der Waals surface area contributed by atoms with Crippen LogP contribution in [0.15, 0.2) is 12.2 Å². The summed E-state index contributed by atoms with van der Waals surface area (Å²) in [7, 11) is 0. The van der Waals surface area contributed by atoms with E-state index >= 15 is 0 Å². The lowest BCUT2D eigenvalue weighted by Gasteiger charge is -2.36. The first-order valence-corrected chi connectivity index (χ1v) is 6.01. The highest BCUT2D eigenvalue weighted by Crippen LogP contribution is 2.47. The Morgan fingerprint density at radius 2 is 1.87 bits per heavy atom. The van der Waals surface area contributed by atoms with Crippen LogP contribution in [0.1, 0.15) is 51.9 Å². The van der Waals surface area contributed by atoms with Crippen LogP contribution in [0.3, 0.4) is 0 Å². The molecule has 0 heterocycles. The van der Waals surface area contributed by atoms with Crippen molar-refractivity contribution >= 4 is 0 Å². The Kier molecular flexibility index (Phi) is 2.89. The van der Waals surface area contributed by atoms with E-state index < -0.39 is 5.60 Å². The number of hydrogen-bond acceptors (Lipinski definition) is 1. The van der Waals surface area contributed by atoms with Crippen molar-refractivity contribution in [2.24, 2.45) is 5.41 Å². The molecule has 0 radical (unpaired) electrons. The van der Waals surface area contributed by atoms with E-state index in [0.717, 1.165) is 12.8 Å².